The molecule has 1 aliphatic rings. The van der Waals surface area contributed by atoms with E-state index in [0.29, 0.717) is 24.2 Å². The molecule has 0 unspecified atom stereocenters. The van der Waals surface area contributed by atoms with Crippen molar-refractivity contribution in [2.75, 3.05) is 21.9 Å². The highest BCUT2D eigenvalue weighted by Crippen LogP contribution is 2.37. The maximum Gasteiger partial charge on any atom is 0.289 e. The maximum atomic E-state index is 12.7. The van der Waals surface area contributed by atoms with Crippen LogP contribution in [0.1, 0.15) is 12.0 Å². The third kappa shape index (κ3) is 5.49. The number of rotatable bonds is 6. The van der Waals surface area contributed by atoms with Crippen molar-refractivity contribution in [3.63, 3.8) is 0 Å². The fraction of sp³-hybridized carbons (Fsp3) is 0.211. The van der Waals surface area contributed by atoms with Crippen LogP contribution in [0.3, 0.4) is 0 Å². The van der Waals surface area contributed by atoms with Crippen LogP contribution >= 0.6 is 23.4 Å². The van der Waals surface area contributed by atoms with Gasteiger partial charge in [-0.3, -0.25) is 9.10 Å². The average molecular weight is 459 g/mol. The van der Waals surface area contributed by atoms with Gasteiger partial charge < -0.3 is 5.32 Å². The van der Waals surface area contributed by atoms with Gasteiger partial charge in [0.2, 0.25) is 15.9 Å². The van der Waals surface area contributed by atoms with Crippen molar-refractivity contribution in [3.8, 4) is 0 Å². The normalized spacial score (nSPS) is 15.9. The minimum atomic E-state index is -3.24. The van der Waals surface area contributed by atoms with Crippen molar-refractivity contribution in [3.05, 3.63) is 59.1 Å². The van der Waals surface area contributed by atoms with Crippen LogP contribution in [0, 0.1) is 0 Å². The third-order valence-corrected chi connectivity index (χ3v) is 7.29. The molecule has 1 aliphatic heterocycles. The lowest BCUT2D eigenvalue weighted by molar-refractivity contribution is -0.111. The Labute approximate surface area is 176 Å². The first-order valence-corrected chi connectivity index (χ1v) is 11.5. The zero-order valence-corrected chi connectivity index (χ0v) is 17.4. The summed E-state index contributed by atoms with van der Waals surface area (Å²) in [6, 6.07) is 11.3. The van der Waals surface area contributed by atoms with Crippen molar-refractivity contribution in [2.24, 2.45) is 0 Å². The number of thioether (sulfide) groups is 1. The van der Waals surface area contributed by atoms with Crippen molar-refractivity contribution in [1.82, 2.24) is 0 Å². The molecule has 1 amide bonds. The van der Waals surface area contributed by atoms with E-state index in [9.17, 15) is 22.0 Å². The second kappa shape index (κ2) is 9.15. The Bertz CT molecular complexity index is 1030. The number of carbonyl (C=O) groups is 1. The Morgan fingerprint density at radius 2 is 1.93 bits per heavy atom. The average Bonchev–Trinajstić information content (AvgIpc) is 3.02. The van der Waals surface area contributed by atoms with E-state index in [4.69, 9.17) is 11.6 Å². The lowest BCUT2D eigenvalue weighted by atomic mass is 10.2. The summed E-state index contributed by atoms with van der Waals surface area (Å²) in [6.07, 6.45) is 3.40. The van der Waals surface area contributed by atoms with Crippen molar-refractivity contribution < 1.29 is 22.0 Å². The van der Waals surface area contributed by atoms with Gasteiger partial charge in [0.1, 0.15) is 0 Å². The lowest BCUT2D eigenvalue weighted by Crippen LogP contribution is -2.24. The Balaban J connectivity index is 1.68. The standard InChI is InChI=1S/C19H17ClF2N2O3S2/c20-15-3-1-4-16(18(15)28-19(21)22)23-17(25)10-7-13-5-8-14(9-6-13)24-11-2-12-29(24,26)27/h1,3-10,19H,2,11-12H2,(H,23,25)/b10-7+. The van der Waals surface area contributed by atoms with E-state index in [2.05, 4.69) is 5.32 Å². The summed E-state index contributed by atoms with van der Waals surface area (Å²) in [5.41, 5.74) is 1.47. The lowest BCUT2D eigenvalue weighted by Gasteiger charge is -2.16. The molecule has 5 nitrogen and oxygen atoms in total. The van der Waals surface area contributed by atoms with Gasteiger partial charge in [0, 0.05) is 12.6 Å². The molecule has 2 aromatic rings. The van der Waals surface area contributed by atoms with Crippen molar-refractivity contribution in [1.29, 1.82) is 0 Å². The highest BCUT2D eigenvalue weighted by atomic mass is 35.5. The molecule has 0 spiro atoms. The molecule has 1 heterocycles. The molecule has 29 heavy (non-hydrogen) atoms. The zero-order valence-electron chi connectivity index (χ0n) is 15.0. The fourth-order valence-electron chi connectivity index (χ4n) is 2.84. The summed E-state index contributed by atoms with van der Waals surface area (Å²) >= 11 is 6.21. The predicted molar refractivity (Wildman–Crippen MR) is 113 cm³/mol. The second-order valence-corrected chi connectivity index (χ2v) is 9.57. The summed E-state index contributed by atoms with van der Waals surface area (Å²) in [5.74, 6) is -3.03. The number of hydrogen-bond donors (Lipinski definition) is 1. The molecular weight excluding hydrogens is 442 g/mol. The van der Waals surface area contributed by atoms with Gasteiger partial charge in [-0.1, -0.05) is 41.6 Å². The number of carbonyl (C=O) groups excluding carboxylic acids is 1. The monoisotopic (exact) mass is 458 g/mol. The number of nitrogens with one attached hydrogen (secondary N) is 1. The molecule has 0 radical (unpaired) electrons. The van der Waals surface area contributed by atoms with E-state index in [1.165, 1.54) is 22.5 Å². The number of benzene rings is 2. The smallest absolute Gasteiger partial charge is 0.289 e. The summed E-state index contributed by atoms with van der Waals surface area (Å²) < 4.78 is 50.7. The SMILES string of the molecule is O=C(/C=C/c1ccc(N2CCCS2(=O)=O)cc1)Nc1cccc(Cl)c1SC(F)F. The number of halogens is 3. The molecule has 0 aliphatic carbocycles. The van der Waals surface area contributed by atoms with Crippen molar-refractivity contribution >= 4 is 56.7 Å². The minimum absolute atomic E-state index is 0.0992. The van der Waals surface area contributed by atoms with Gasteiger partial charge in [0.05, 0.1) is 27.0 Å². The number of alkyl halides is 2. The van der Waals surface area contributed by atoms with Gasteiger partial charge in [0.15, 0.2) is 0 Å². The van der Waals surface area contributed by atoms with E-state index in [0.717, 1.165) is 0 Å². The highest BCUT2D eigenvalue weighted by Gasteiger charge is 2.28. The summed E-state index contributed by atoms with van der Waals surface area (Å²) in [7, 11) is -3.24. The van der Waals surface area contributed by atoms with Gasteiger partial charge in [-0.25, -0.2) is 8.42 Å². The molecule has 3 rings (SSSR count). The number of nitrogens with zero attached hydrogens (tertiary/aromatic N) is 1. The second-order valence-electron chi connectivity index (χ2n) is 6.15. The molecule has 0 saturated carbocycles. The van der Waals surface area contributed by atoms with Gasteiger partial charge in [-0.2, -0.15) is 8.78 Å². The van der Waals surface area contributed by atoms with Gasteiger partial charge in [0.25, 0.3) is 5.76 Å². The first-order chi connectivity index (χ1) is 13.8. The van der Waals surface area contributed by atoms with Crippen LogP contribution in [0.5, 0.6) is 0 Å². The Morgan fingerprint density at radius 3 is 2.55 bits per heavy atom. The summed E-state index contributed by atoms with van der Waals surface area (Å²) in [5, 5.41) is 2.67. The topological polar surface area (TPSA) is 66.5 Å². The molecule has 154 valence electrons. The first-order valence-electron chi connectivity index (χ1n) is 8.59. The summed E-state index contributed by atoms with van der Waals surface area (Å²) in [4.78, 5) is 12.3. The molecule has 0 bridgehead atoms. The quantitative estimate of drug-likeness (QED) is 0.496. The van der Waals surface area contributed by atoms with Gasteiger partial charge >= 0.3 is 0 Å². The van der Waals surface area contributed by atoms with Gasteiger partial charge in [-0.15, -0.1) is 0 Å². The van der Waals surface area contributed by atoms with E-state index in [-0.39, 0.29) is 33.1 Å². The van der Waals surface area contributed by atoms with E-state index in [1.54, 1.807) is 36.4 Å². The largest absolute Gasteiger partial charge is 0.321 e. The van der Waals surface area contributed by atoms with Crippen molar-refractivity contribution in [2.45, 2.75) is 17.1 Å². The number of hydrogen-bond acceptors (Lipinski definition) is 4. The molecule has 10 heteroatoms. The van der Waals surface area contributed by atoms with E-state index < -0.39 is 21.7 Å². The highest BCUT2D eigenvalue weighted by molar-refractivity contribution is 7.99. The van der Waals surface area contributed by atoms with Crippen LogP contribution in [-0.4, -0.2) is 32.4 Å². The Hall–Kier alpha value is -2.10. The van der Waals surface area contributed by atoms with Gasteiger partial charge in [-0.05, 0) is 42.3 Å². The molecule has 1 N–H and O–H groups in total. The first kappa shape index (κ1) is 21.6. The number of anilines is 2. The van der Waals surface area contributed by atoms with Crippen LogP contribution < -0.4 is 9.62 Å². The van der Waals surface area contributed by atoms with E-state index >= 15 is 0 Å². The zero-order chi connectivity index (χ0) is 21.0. The van der Waals surface area contributed by atoms with Crippen LogP contribution in [0.2, 0.25) is 5.02 Å². The minimum Gasteiger partial charge on any atom is -0.321 e. The fourth-order valence-corrected chi connectivity index (χ4v) is 5.32. The van der Waals surface area contributed by atoms with Crippen LogP contribution in [-0.2, 0) is 14.8 Å². The molecule has 1 fully saturated rings. The van der Waals surface area contributed by atoms with Crippen LogP contribution in [0.15, 0.2) is 53.4 Å². The Morgan fingerprint density at radius 1 is 1.21 bits per heavy atom. The maximum absolute atomic E-state index is 12.7. The third-order valence-electron chi connectivity index (χ3n) is 4.14. The summed E-state index contributed by atoms with van der Waals surface area (Å²) in [6.45, 7) is 0.457. The van der Waals surface area contributed by atoms with Crippen LogP contribution in [0.25, 0.3) is 6.08 Å². The molecular formula is C19H17ClF2N2O3S2. The molecule has 0 aromatic heterocycles. The number of sulfonamides is 1. The number of amides is 1. The molecule has 0 atom stereocenters. The van der Waals surface area contributed by atoms with Crippen LogP contribution in [0.4, 0.5) is 20.2 Å². The predicted octanol–water partition coefficient (Wildman–Crippen LogP) is 4.85. The molecule has 2 aromatic carbocycles. The Kier molecular flexibility index (Phi) is 6.81. The van der Waals surface area contributed by atoms with E-state index in [1.807, 2.05) is 0 Å². The molecule has 1 saturated heterocycles.